The van der Waals surface area contributed by atoms with Gasteiger partial charge in [-0.25, -0.2) is 0 Å². The number of anilines is 1. The first kappa shape index (κ1) is 13.8. The Morgan fingerprint density at radius 3 is 2.29 bits per heavy atom. The fourth-order valence-corrected chi connectivity index (χ4v) is 1.96. The molecule has 0 radical (unpaired) electrons. The predicted molar refractivity (Wildman–Crippen MR) is 73.8 cm³/mol. The molecule has 17 heavy (non-hydrogen) atoms. The molecular formula is C15H23NO. The van der Waals surface area contributed by atoms with Crippen molar-refractivity contribution < 1.29 is 4.79 Å². The summed E-state index contributed by atoms with van der Waals surface area (Å²) in [6.45, 7) is 7.73. The van der Waals surface area contributed by atoms with Crippen LogP contribution < -0.4 is 4.90 Å². The van der Waals surface area contributed by atoms with Crippen molar-refractivity contribution in [3.63, 3.8) is 0 Å². The van der Waals surface area contributed by atoms with Crippen LogP contribution in [0.25, 0.3) is 0 Å². The lowest BCUT2D eigenvalue weighted by Gasteiger charge is -2.29. The standard InChI is InChI=1S/C15H23NO/c1-4-5-6-11-16(13(2)3)15-9-7-14(12-17)8-10-15/h7-10,12-13H,4-6,11H2,1-3H3. The number of aldehydes is 1. The van der Waals surface area contributed by atoms with Gasteiger partial charge in [-0.3, -0.25) is 4.79 Å². The van der Waals surface area contributed by atoms with Crippen molar-refractivity contribution in [2.24, 2.45) is 0 Å². The average molecular weight is 233 g/mol. The Hall–Kier alpha value is -1.31. The minimum atomic E-state index is 0.494. The van der Waals surface area contributed by atoms with Crippen molar-refractivity contribution in [3.8, 4) is 0 Å². The molecule has 0 amide bonds. The Morgan fingerprint density at radius 2 is 1.82 bits per heavy atom. The van der Waals surface area contributed by atoms with E-state index in [4.69, 9.17) is 0 Å². The number of hydrogen-bond acceptors (Lipinski definition) is 2. The van der Waals surface area contributed by atoms with E-state index >= 15 is 0 Å². The number of rotatable bonds is 7. The van der Waals surface area contributed by atoms with Crippen LogP contribution in [0.4, 0.5) is 5.69 Å². The highest BCUT2D eigenvalue weighted by atomic mass is 16.1. The summed E-state index contributed by atoms with van der Waals surface area (Å²) in [6, 6.07) is 8.34. The maximum Gasteiger partial charge on any atom is 0.150 e. The number of hydrogen-bond donors (Lipinski definition) is 0. The molecule has 0 heterocycles. The van der Waals surface area contributed by atoms with Gasteiger partial charge in [-0.05, 0) is 44.5 Å². The third-order valence-corrected chi connectivity index (χ3v) is 2.99. The zero-order chi connectivity index (χ0) is 12.7. The average Bonchev–Trinajstić information content (AvgIpc) is 2.34. The summed E-state index contributed by atoms with van der Waals surface area (Å²) < 4.78 is 0. The second-order valence-corrected chi connectivity index (χ2v) is 4.70. The van der Waals surface area contributed by atoms with Crippen molar-refractivity contribution in [2.45, 2.75) is 46.1 Å². The van der Waals surface area contributed by atoms with Crippen LogP contribution in [0.3, 0.4) is 0 Å². The van der Waals surface area contributed by atoms with Gasteiger partial charge in [-0.1, -0.05) is 19.8 Å². The summed E-state index contributed by atoms with van der Waals surface area (Å²) in [4.78, 5) is 13.0. The van der Waals surface area contributed by atoms with Gasteiger partial charge in [0.1, 0.15) is 6.29 Å². The number of carbonyl (C=O) groups excluding carboxylic acids is 1. The minimum absolute atomic E-state index is 0.494. The molecular weight excluding hydrogens is 210 g/mol. The predicted octanol–water partition coefficient (Wildman–Crippen LogP) is 3.90. The Balaban J connectivity index is 2.71. The molecule has 0 bridgehead atoms. The topological polar surface area (TPSA) is 20.3 Å². The highest BCUT2D eigenvalue weighted by Crippen LogP contribution is 2.18. The van der Waals surface area contributed by atoms with E-state index in [0.717, 1.165) is 18.4 Å². The summed E-state index contributed by atoms with van der Waals surface area (Å²) in [5, 5.41) is 0. The molecule has 0 spiro atoms. The zero-order valence-corrected chi connectivity index (χ0v) is 11.1. The van der Waals surface area contributed by atoms with Crippen LogP contribution in [0.15, 0.2) is 24.3 Å². The molecule has 0 aliphatic carbocycles. The van der Waals surface area contributed by atoms with Gasteiger partial charge >= 0.3 is 0 Å². The third kappa shape index (κ3) is 4.22. The van der Waals surface area contributed by atoms with Gasteiger partial charge in [0.15, 0.2) is 0 Å². The van der Waals surface area contributed by atoms with E-state index in [1.807, 2.05) is 24.3 Å². The molecule has 0 N–H and O–H groups in total. The molecule has 2 nitrogen and oxygen atoms in total. The van der Waals surface area contributed by atoms with Crippen LogP contribution in [0, 0.1) is 0 Å². The summed E-state index contributed by atoms with van der Waals surface area (Å²) in [7, 11) is 0. The first-order valence-electron chi connectivity index (χ1n) is 6.51. The maximum absolute atomic E-state index is 10.6. The van der Waals surface area contributed by atoms with E-state index in [-0.39, 0.29) is 0 Å². The minimum Gasteiger partial charge on any atom is -0.369 e. The fraction of sp³-hybridized carbons (Fsp3) is 0.533. The van der Waals surface area contributed by atoms with Gasteiger partial charge in [0.25, 0.3) is 0 Å². The van der Waals surface area contributed by atoms with Crippen molar-refractivity contribution in [1.29, 1.82) is 0 Å². The van der Waals surface area contributed by atoms with Crippen LogP contribution in [0.5, 0.6) is 0 Å². The molecule has 1 rings (SSSR count). The highest BCUT2D eigenvalue weighted by molar-refractivity contribution is 5.75. The van der Waals surface area contributed by atoms with Gasteiger partial charge in [-0.2, -0.15) is 0 Å². The quantitative estimate of drug-likeness (QED) is 0.526. The maximum atomic E-state index is 10.6. The Bertz CT molecular complexity index is 329. The molecule has 0 aromatic heterocycles. The zero-order valence-electron chi connectivity index (χ0n) is 11.1. The number of unbranched alkanes of at least 4 members (excludes halogenated alkanes) is 2. The normalized spacial score (nSPS) is 10.6. The summed E-state index contributed by atoms with van der Waals surface area (Å²) >= 11 is 0. The summed E-state index contributed by atoms with van der Waals surface area (Å²) in [5.74, 6) is 0. The van der Waals surface area contributed by atoms with Gasteiger partial charge in [0.05, 0.1) is 0 Å². The smallest absolute Gasteiger partial charge is 0.150 e. The van der Waals surface area contributed by atoms with Crippen LogP contribution in [-0.4, -0.2) is 18.9 Å². The van der Waals surface area contributed by atoms with Crippen molar-refractivity contribution >= 4 is 12.0 Å². The van der Waals surface area contributed by atoms with E-state index in [0.29, 0.717) is 6.04 Å². The van der Waals surface area contributed by atoms with E-state index in [9.17, 15) is 4.79 Å². The van der Waals surface area contributed by atoms with Crippen LogP contribution in [0.1, 0.15) is 50.4 Å². The fourth-order valence-electron chi connectivity index (χ4n) is 1.96. The second-order valence-electron chi connectivity index (χ2n) is 4.70. The van der Waals surface area contributed by atoms with Crippen molar-refractivity contribution in [2.75, 3.05) is 11.4 Å². The summed E-state index contributed by atoms with van der Waals surface area (Å²) in [5.41, 5.74) is 1.95. The third-order valence-electron chi connectivity index (χ3n) is 2.99. The monoisotopic (exact) mass is 233 g/mol. The highest BCUT2D eigenvalue weighted by Gasteiger charge is 2.09. The molecule has 94 valence electrons. The first-order chi connectivity index (χ1) is 8.19. The lowest BCUT2D eigenvalue weighted by Crippen LogP contribution is -2.31. The van der Waals surface area contributed by atoms with Gasteiger partial charge in [-0.15, -0.1) is 0 Å². The number of benzene rings is 1. The van der Waals surface area contributed by atoms with Gasteiger partial charge in [0, 0.05) is 23.8 Å². The van der Waals surface area contributed by atoms with Crippen LogP contribution in [0.2, 0.25) is 0 Å². The Labute approximate surface area is 105 Å². The molecule has 0 atom stereocenters. The van der Waals surface area contributed by atoms with E-state index < -0.39 is 0 Å². The van der Waals surface area contributed by atoms with E-state index in [2.05, 4.69) is 25.7 Å². The van der Waals surface area contributed by atoms with Gasteiger partial charge < -0.3 is 4.90 Å². The lowest BCUT2D eigenvalue weighted by molar-refractivity contribution is 0.112. The van der Waals surface area contributed by atoms with Crippen LogP contribution >= 0.6 is 0 Å². The largest absolute Gasteiger partial charge is 0.369 e. The van der Waals surface area contributed by atoms with Crippen molar-refractivity contribution in [1.82, 2.24) is 0 Å². The molecule has 0 aliphatic rings. The molecule has 0 unspecified atom stereocenters. The van der Waals surface area contributed by atoms with E-state index in [1.165, 1.54) is 24.9 Å². The molecule has 1 aromatic carbocycles. The molecule has 2 heteroatoms. The lowest BCUT2D eigenvalue weighted by atomic mass is 10.1. The Kier molecular flexibility index (Phi) is 5.75. The van der Waals surface area contributed by atoms with E-state index in [1.54, 1.807) is 0 Å². The SMILES string of the molecule is CCCCCN(c1ccc(C=O)cc1)C(C)C. The Morgan fingerprint density at radius 1 is 1.18 bits per heavy atom. The molecule has 0 saturated heterocycles. The van der Waals surface area contributed by atoms with Gasteiger partial charge in [0.2, 0.25) is 0 Å². The summed E-state index contributed by atoms with van der Waals surface area (Å²) in [6.07, 6.45) is 4.64. The number of nitrogens with zero attached hydrogens (tertiary/aromatic N) is 1. The van der Waals surface area contributed by atoms with Crippen molar-refractivity contribution in [3.05, 3.63) is 29.8 Å². The first-order valence-corrected chi connectivity index (χ1v) is 6.51. The molecule has 0 aliphatic heterocycles. The van der Waals surface area contributed by atoms with Crippen LogP contribution in [-0.2, 0) is 0 Å². The molecule has 0 fully saturated rings. The molecule has 1 aromatic rings. The second kappa shape index (κ2) is 7.10. The molecule has 0 saturated carbocycles. The number of carbonyl (C=O) groups is 1.